The molecule has 8 heteroatoms. The van der Waals surface area contributed by atoms with Crippen molar-refractivity contribution >= 4 is 23.6 Å². The molecule has 26 heavy (non-hydrogen) atoms. The number of rotatable bonds is 7. The van der Waals surface area contributed by atoms with Crippen LogP contribution in [0.3, 0.4) is 0 Å². The average molecular weight is 356 g/mol. The topological polar surface area (TPSA) is 102 Å². The van der Waals surface area contributed by atoms with Crippen LogP contribution in [0.2, 0.25) is 0 Å². The Morgan fingerprint density at radius 2 is 1.96 bits per heavy atom. The summed E-state index contributed by atoms with van der Waals surface area (Å²) < 4.78 is 6.10. The third-order valence-corrected chi connectivity index (χ3v) is 3.60. The van der Waals surface area contributed by atoms with Gasteiger partial charge >= 0.3 is 5.97 Å². The Bertz CT molecular complexity index is 841. The van der Waals surface area contributed by atoms with Gasteiger partial charge in [-0.3, -0.25) is 14.3 Å². The zero-order chi connectivity index (χ0) is 19.1. The summed E-state index contributed by atoms with van der Waals surface area (Å²) in [7, 11) is 2.90. The van der Waals surface area contributed by atoms with Gasteiger partial charge in [-0.25, -0.2) is 4.79 Å². The maximum absolute atomic E-state index is 12.4. The summed E-state index contributed by atoms with van der Waals surface area (Å²) >= 11 is 0. The van der Waals surface area contributed by atoms with Crippen LogP contribution < -0.4 is 10.6 Å². The van der Waals surface area contributed by atoms with Crippen LogP contribution in [0, 0.1) is 0 Å². The second kappa shape index (κ2) is 8.61. The normalized spacial score (nSPS) is 10.1. The van der Waals surface area contributed by atoms with E-state index in [0.717, 1.165) is 11.1 Å². The van der Waals surface area contributed by atoms with Crippen molar-refractivity contribution in [2.75, 3.05) is 12.4 Å². The standard InChI is InChI=1S/C18H20N4O4/c1-4-15(23)19-10-13-8-6-5-7-12(13)9-16(24)20-17-14(18(25)26-3)11-22(2)21-17/h4-8,11H,1,9-10H2,2-3H3,(H,19,23)(H,20,21,24). The molecule has 0 aliphatic rings. The number of nitrogens with one attached hydrogen (secondary N) is 2. The van der Waals surface area contributed by atoms with Gasteiger partial charge in [0.05, 0.1) is 13.5 Å². The van der Waals surface area contributed by atoms with Crippen molar-refractivity contribution in [3.8, 4) is 0 Å². The molecule has 0 spiro atoms. The van der Waals surface area contributed by atoms with Gasteiger partial charge in [0.1, 0.15) is 5.56 Å². The number of benzene rings is 1. The zero-order valence-electron chi connectivity index (χ0n) is 14.6. The smallest absolute Gasteiger partial charge is 0.343 e. The minimum Gasteiger partial charge on any atom is -0.465 e. The number of anilines is 1. The Labute approximate surface area is 150 Å². The predicted molar refractivity (Wildman–Crippen MR) is 95.4 cm³/mol. The van der Waals surface area contributed by atoms with E-state index >= 15 is 0 Å². The highest BCUT2D eigenvalue weighted by Gasteiger charge is 2.18. The first-order valence-electron chi connectivity index (χ1n) is 7.83. The number of carbonyl (C=O) groups excluding carboxylic acids is 3. The summed E-state index contributed by atoms with van der Waals surface area (Å²) in [4.78, 5) is 35.5. The van der Waals surface area contributed by atoms with Crippen LogP contribution in [-0.2, 0) is 34.3 Å². The quantitative estimate of drug-likeness (QED) is 0.573. The molecule has 0 fully saturated rings. The molecule has 2 amide bonds. The number of esters is 1. The fourth-order valence-electron chi connectivity index (χ4n) is 2.35. The van der Waals surface area contributed by atoms with Gasteiger partial charge in [-0.15, -0.1) is 0 Å². The summed E-state index contributed by atoms with van der Waals surface area (Å²) in [6, 6.07) is 7.26. The lowest BCUT2D eigenvalue weighted by molar-refractivity contribution is -0.116. The van der Waals surface area contributed by atoms with Crippen LogP contribution in [-0.4, -0.2) is 34.7 Å². The number of methoxy groups -OCH3 is 1. The highest BCUT2D eigenvalue weighted by molar-refractivity contribution is 6.00. The molecule has 0 aliphatic heterocycles. The van der Waals surface area contributed by atoms with Gasteiger partial charge in [-0.05, 0) is 17.2 Å². The van der Waals surface area contributed by atoms with E-state index in [4.69, 9.17) is 0 Å². The fraction of sp³-hybridized carbons (Fsp3) is 0.222. The molecule has 2 aromatic rings. The third-order valence-electron chi connectivity index (χ3n) is 3.60. The number of nitrogens with zero attached hydrogens (tertiary/aromatic N) is 2. The molecular formula is C18H20N4O4. The Kier molecular flexibility index (Phi) is 6.26. The van der Waals surface area contributed by atoms with Crippen LogP contribution in [0.15, 0.2) is 43.1 Å². The number of aryl methyl sites for hydroxylation is 1. The number of aromatic nitrogens is 2. The Morgan fingerprint density at radius 1 is 1.27 bits per heavy atom. The second-order valence-electron chi connectivity index (χ2n) is 5.47. The highest BCUT2D eigenvalue weighted by atomic mass is 16.5. The lowest BCUT2D eigenvalue weighted by atomic mass is 10.0. The van der Waals surface area contributed by atoms with E-state index < -0.39 is 5.97 Å². The van der Waals surface area contributed by atoms with Crippen LogP contribution >= 0.6 is 0 Å². The van der Waals surface area contributed by atoms with Crippen LogP contribution in [0.25, 0.3) is 0 Å². The second-order valence-corrected chi connectivity index (χ2v) is 5.47. The number of ether oxygens (including phenoxy) is 1. The van der Waals surface area contributed by atoms with E-state index in [1.165, 1.54) is 24.1 Å². The molecular weight excluding hydrogens is 336 g/mol. The van der Waals surface area contributed by atoms with E-state index in [2.05, 4.69) is 27.0 Å². The largest absolute Gasteiger partial charge is 0.465 e. The molecule has 0 bridgehead atoms. The molecule has 1 aromatic carbocycles. The van der Waals surface area contributed by atoms with Crippen LogP contribution in [0.1, 0.15) is 21.5 Å². The van der Waals surface area contributed by atoms with Gasteiger partial charge in [0.15, 0.2) is 5.82 Å². The monoisotopic (exact) mass is 356 g/mol. The number of amides is 2. The summed E-state index contributed by atoms with van der Waals surface area (Å²) in [6.07, 6.45) is 2.72. The molecule has 2 N–H and O–H groups in total. The van der Waals surface area contributed by atoms with Gasteiger partial charge in [-0.2, -0.15) is 5.10 Å². The van der Waals surface area contributed by atoms with E-state index in [1.54, 1.807) is 13.1 Å². The van der Waals surface area contributed by atoms with E-state index in [-0.39, 0.29) is 36.2 Å². The molecule has 8 nitrogen and oxygen atoms in total. The highest BCUT2D eigenvalue weighted by Crippen LogP contribution is 2.15. The van der Waals surface area contributed by atoms with Crippen molar-refractivity contribution < 1.29 is 19.1 Å². The van der Waals surface area contributed by atoms with Gasteiger partial charge in [-0.1, -0.05) is 30.8 Å². The van der Waals surface area contributed by atoms with Crippen molar-refractivity contribution in [3.63, 3.8) is 0 Å². The van der Waals surface area contributed by atoms with Crippen LogP contribution in [0.4, 0.5) is 5.82 Å². The number of hydrogen-bond donors (Lipinski definition) is 2. The van der Waals surface area contributed by atoms with E-state index in [0.29, 0.717) is 0 Å². The molecule has 1 heterocycles. The number of carbonyl (C=O) groups is 3. The molecule has 0 unspecified atom stereocenters. The zero-order valence-corrected chi connectivity index (χ0v) is 14.6. The van der Waals surface area contributed by atoms with Gasteiger partial charge in [0.2, 0.25) is 11.8 Å². The Balaban J connectivity index is 2.10. The molecule has 0 saturated heterocycles. The maximum Gasteiger partial charge on any atom is 0.343 e. The fourth-order valence-corrected chi connectivity index (χ4v) is 2.35. The van der Waals surface area contributed by atoms with Gasteiger partial charge in [0.25, 0.3) is 0 Å². The first kappa shape index (κ1) is 18.9. The molecule has 0 atom stereocenters. The summed E-state index contributed by atoms with van der Waals surface area (Å²) in [5.74, 6) is -1.07. The first-order chi connectivity index (χ1) is 12.4. The van der Waals surface area contributed by atoms with Crippen molar-refractivity contribution in [1.29, 1.82) is 0 Å². The van der Waals surface area contributed by atoms with Gasteiger partial charge < -0.3 is 15.4 Å². The van der Waals surface area contributed by atoms with Crippen molar-refractivity contribution in [3.05, 3.63) is 59.8 Å². The third kappa shape index (κ3) is 4.79. The first-order valence-corrected chi connectivity index (χ1v) is 7.83. The van der Waals surface area contributed by atoms with Crippen molar-refractivity contribution in [1.82, 2.24) is 15.1 Å². The minimum absolute atomic E-state index is 0.0668. The lowest BCUT2D eigenvalue weighted by Crippen LogP contribution is -2.22. The summed E-state index contributed by atoms with van der Waals surface area (Å²) in [5, 5.41) is 9.37. The molecule has 0 aliphatic carbocycles. The van der Waals surface area contributed by atoms with E-state index in [1.807, 2.05) is 18.2 Å². The van der Waals surface area contributed by atoms with Crippen molar-refractivity contribution in [2.45, 2.75) is 13.0 Å². The molecule has 136 valence electrons. The Morgan fingerprint density at radius 3 is 2.62 bits per heavy atom. The minimum atomic E-state index is -0.582. The predicted octanol–water partition coefficient (Wildman–Crippen LogP) is 1.19. The average Bonchev–Trinajstić information content (AvgIpc) is 2.99. The molecule has 0 radical (unpaired) electrons. The maximum atomic E-state index is 12.4. The summed E-state index contributed by atoms with van der Waals surface area (Å²) in [5.41, 5.74) is 1.74. The Hall–Kier alpha value is -3.42. The molecule has 1 aromatic heterocycles. The van der Waals surface area contributed by atoms with Crippen molar-refractivity contribution in [2.24, 2.45) is 7.05 Å². The number of hydrogen-bond acceptors (Lipinski definition) is 5. The van der Waals surface area contributed by atoms with E-state index in [9.17, 15) is 14.4 Å². The van der Waals surface area contributed by atoms with Gasteiger partial charge in [0, 0.05) is 19.8 Å². The van der Waals surface area contributed by atoms with Crippen LogP contribution in [0.5, 0.6) is 0 Å². The SMILES string of the molecule is C=CC(=O)NCc1ccccc1CC(=O)Nc1nn(C)cc1C(=O)OC. The summed E-state index contributed by atoms with van der Waals surface area (Å²) in [6.45, 7) is 3.68. The lowest BCUT2D eigenvalue weighted by Gasteiger charge is -2.10. The molecule has 0 saturated carbocycles. The molecule has 2 rings (SSSR count).